The molecule has 76 valence electrons. The summed E-state index contributed by atoms with van der Waals surface area (Å²) in [5.74, 6) is -2.50. The fraction of sp³-hybridized carbons (Fsp3) is 0.222. The minimum Gasteiger partial charge on any atom is -0.505 e. The molecule has 4 N–H and O–H groups in total. The minimum absolute atomic E-state index is 0.0983. The van der Waals surface area contributed by atoms with Crippen LogP contribution in [0, 0.1) is 5.82 Å². The van der Waals surface area contributed by atoms with Crippen LogP contribution >= 0.6 is 0 Å². The largest absolute Gasteiger partial charge is 0.505 e. The Bertz CT molecular complexity index is 354. The highest BCUT2D eigenvalue weighted by molar-refractivity contribution is 5.73. The van der Waals surface area contributed by atoms with E-state index in [4.69, 9.17) is 10.8 Å². The number of aliphatic carboxylic acids is 1. The second kappa shape index (κ2) is 4.06. The number of aromatic hydroxyl groups is 1. The lowest BCUT2D eigenvalue weighted by molar-refractivity contribution is -0.138. The first-order chi connectivity index (χ1) is 6.52. The van der Waals surface area contributed by atoms with Gasteiger partial charge in [0.15, 0.2) is 11.6 Å². The molecule has 5 heteroatoms. The minimum atomic E-state index is -1.19. The molecule has 1 atom stereocenters. The maximum Gasteiger partial charge on any atom is 0.320 e. The molecule has 0 aliphatic rings. The molecule has 1 unspecified atom stereocenters. The molecule has 0 saturated carbocycles. The number of halogens is 1. The van der Waals surface area contributed by atoms with Crippen LogP contribution in [0.3, 0.4) is 0 Å². The van der Waals surface area contributed by atoms with E-state index >= 15 is 0 Å². The highest BCUT2D eigenvalue weighted by atomic mass is 19.1. The zero-order valence-corrected chi connectivity index (χ0v) is 7.27. The van der Waals surface area contributed by atoms with Gasteiger partial charge in [-0.25, -0.2) is 4.39 Å². The average molecular weight is 199 g/mol. The van der Waals surface area contributed by atoms with Gasteiger partial charge in [-0.15, -0.1) is 0 Å². The Labute approximate surface area is 79.8 Å². The van der Waals surface area contributed by atoms with Crippen molar-refractivity contribution in [3.8, 4) is 5.75 Å². The number of phenolic OH excluding ortho intramolecular Hbond substituents is 1. The Morgan fingerprint density at radius 3 is 2.79 bits per heavy atom. The zero-order chi connectivity index (χ0) is 10.7. The number of para-hydroxylation sites is 1. The van der Waals surface area contributed by atoms with Crippen LogP contribution in [0.1, 0.15) is 5.56 Å². The molecule has 0 heterocycles. The van der Waals surface area contributed by atoms with Gasteiger partial charge in [0.25, 0.3) is 0 Å². The van der Waals surface area contributed by atoms with Crippen molar-refractivity contribution in [2.24, 2.45) is 5.73 Å². The van der Waals surface area contributed by atoms with Crippen LogP contribution in [0.15, 0.2) is 18.2 Å². The second-order valence-corrected chi connectivity index (χ2v) is 2.90. The Morgan fingerprint density at radius 1 is 1.57 bits per heavy atom. The van der Waals surface area contributed by atoms with E-state index in [1.54, 1.807) is 0 Å². The summed E-state index contributed by atoms with van der Waals surface area (Å²) in [6, 6.07) is 2.77. The van der Waals surface area contributed by atoms with Gasteiger partial charge in [0.05, 0.1) is 0 Å². The highest BCUT2D eigenvalue weighted by Gasteiger charge is 2.15. The Hall–Kier alpha value is -1.62. The van der Waals surface area contributed by atoms with Gasteiger partial charge < -0.3 is 15.9 Å². The second-order valence-electron chi connectivity index (χ2n) is 2.90. The molecule has 0 amide bonds. The predicted octanol–water partition coefficient (Wildman–Crippen LogP) is 0.486. The summed E-state index contributed by atoms with van der Waals surface area (Å²) in [6.45, 7) is 0. The summed E-state index contributed by atoms with van der Waals surface area (Å²) in [4.78, 5) is 10.4. The van der Waals surface area contributed by atoms with Gasteiger partial charge in [-0.05, 0) is 11.6 Å². The first kappa shape index (κ1) is 10.5. The number of carboxylic acids is 1. The predicted molar refractivity (Wildman–Crippen MR) is 47.4 cm³/mol. The van der Waals surface area contributed by atoms with Gasteiger partial charge in [0, 0.05) is 6.42 Å². The summed E-state index contributed by atoms with van der Waals surface area (Å²) < 4.78 is 12.8. The third-order valence-corrected chi connectivity index (χ3v) is 1.83. The average Bonchev–Trinajstić information content (AvgIpc) is 2.12. The molecule has 0 fully saturated rings. The van der Waals surface area contributed by atoms with E-state index in [0.717, 1.165) is 6.07 Å². The summed E-state index contributed by atoms with van der Waals surface area (Å²) >= 11 is 0. The van der Waals surface area contributed by atoms with Crippen LogP contribution in [-0.2, 0) is 11.2 Å². The van der Waals surface area contributed by atoms with Crippen LogP contribution in [0.4, 0.5) is 4.39 Å². The van der Waals surface area contributed by atoms with Crippen LogP contribution in [0.25, 0.3) is 0 Å². The highest BCUT2D eigenvalue weighted by Crippen LogP contribution is 2.21. The molecule has 1 aromatic carbocycles. The maximum atomic E-state index is 12.8. The van der Waals surface area contributed by atoms with Crippen molar-refractivity contribution < 1.29 is 19.4 Å². The first-order valence-corrected chi connectivity index (χ1v) is 3.97. The monoisotopic (exact) mass is 199 g/mol. The molecule has 0 radical (unpaired) electrons. The normalized spacial score (nSPS) is 12.4. The molecular weight excluding hydrogens is 189 g/mol. The molecule has 1 aromatic rings. The van der Waals surface area contributed by atoms with Gasteiger partial charge in [0.1, 0.15) is 6.04 Å². The number of carboxylic acid groups (broad SMARTS) is 1. The van der Waals surface area contributed by atoms with E-state index in [1.807, 2.05) is 0 Å². The third kappa shape index (κ3) is 2.20. The van der Waals surface area contributed by atoms with Gasteiger partial charge in [0.2, 0.25) is 0 Å². The quantitative estimate of drug-likeness (QED) is 0.661. The first-order valence-electron chi connectivity index (χ1n) is 3.97. The lowest BCUT2D eigenvalue weighted by atomic mass is 10.1. The fourth-order valence-electron chi connectivity index (χ4n) is 1.05. The summed E-state index contributed by atoms with van der Waals surface area (Å²) in [5, 5.41) is 17.7. The summed E-state index contributed by atoms with van der Waals surface area (Å²) in [7, 11) is 0. The molecule has 14 heavy (non-hydrogen) atoms. The molecule has 0 spiro atoms. The van der Waals surface area contributed by atoms with Crippen LogP contribution < -0.4 is 5.73 Å². The van der Waals surface area contributed by atoms with Crippen molar-refractivity contribution in [2.45, 2.75) is 12.5 Å². The number of rotatable bonds is 3. The van der Waals surface area contributed by atoms with Crippen molar-refractivity contribution in [1.29, 1.82) is 0 Å². The molecule has 1 rings (SSSR count). The smallest absolute Gasteiger partial charge is 0.320 e. The Kier molecular flexibility index (Phi) is 3.03. The van der Waals surface area contributed by atoms with Gasteiger partial charge in [-0.3, -0.25) is 4.79 Å². The van der Waals surface area contributed by atoms with Gasteiger partial charge in [-0.1, -0.05) is 12.1 Å². The number of benzene rings is 1. The molecular formula is C9H10FNO3. The van der Waals surface area contributed by atoms with Crippen molar-refractivity contribution in [3.63, 3.8) is 0 Å². The molecule has 0 aromatic heterocycles. The Morgan fingerprint density at radius 2 is 2.21 bits per heavy atom. The zero-order valence-electron chi connectivity index (χ0n) is 7.27. The van der Waals surface area contributed by atoms with E-state index in [9.17, 15) is 14.3 Å². The standard InChI is InChI=1S/C9H10FNO3/c10-6-3-1-2-5(8(6)12)4-7(11)9(13)14/h1-3,7,12H,4,11H2,(H,13,14). The SMILES string of the molecule is NC(Cc1cccc(F)c1O)C(=O)O. The maximum absolute atomic E-state index is 12.8. The van der Waals surface area contributed by atoms with Crippen molar-refractivity contribution >= 4 is 5.97 Å². The van der Waals surface area contributed by atoms with E-state index in [-0.39, 0.29) is 12.0 Å². The van der Waals surface area contributed by atoms with E-state index in [2.05, 4.69) is 0 Å². The molecule has 4 nitrogen and oxygen atoms in total. The number of phenols is 1. The molecule has 0 bridgehead atoms. The number of nitrogens with two attached hydrogens (primary N) is 1. The summed E-state index contributed by atoms with van der Waals surface area (Å²) in [6.07, 6.45) is -0.0983. The number of hydrogen-bond acceptors (Lipinski definition) is 3. The van der Waals surface area contributed by atoms with E-state index in [0.29, 0.717) is 0 Å². The van der Waals surface area contributed by atoms with E-state index < -0.39 is 23.6 Å². The van der Waals surface area contributed by atoms with Crippen LogP contribution in [0.5, 0.6) is 5.75 Å². The third-order valence-electron chi connectivity index (χ3n) is 1.83. The fourth-order valence-corrected chi connectivity index (χ4v) is 1.05. The lowest BCUT2D eigenvalue weighted by Gasteiger charge is -2.08. The van der Waals surface area contributed by atoms with Crippen molar-refractivity contribution in [1.82, 2.24) is 0 Å². The van der Waals surface area contributed by atoms with Crippen LogP contribution in [0.2, 0.25) is 0 Å². The number of carbonyl (C=O) groups is 1. The lowest BCUT2D eigenvalue weighted by Crippen LogP contribution is -2.32. The number of hydrogen-bond donors (Lipinski definition) is 3. The van der Waals surface area contributed by atoms with Gasteiger partial charge in [-0.2, -0.15) is 0 Å². The topological polar surface area (TPSA) is 83.5 Å². The van der Waals surface area contributed by atoms with Crippen molar-refractivity contribution in [2.75, 3.05) is 0 Å². The molecule has 0 saturated heterocycles. The summed E-state index contributed by atoms with van der Waals surface area (Å²) in [5.41, 5.74) is 5.43. The van der Waals surface area contributed by atoms with Crippen molar-refractivity contribution in [3.05, 3.63) is 29.6 Å². The Balaban J connectivity index is 2.87. The van der Waals surface area contributed by atoms with Crippen LogP contribution in [-0.4, -0.2) is 22.2 Å². The molecule has 0 aliphatic heterocycles. The van der Waals surface area contributed by atoms with Gasteiger partial charge >= 0.3 is 5.97 Å². The van der Waals surface area contributed by atoms with E-state index in [1.165, 1.54) is 12.1 Å². The molecule has 0 aliphatic carbocycles.